The predicted molar refractivity (Wildman–Crippen MR) is 78.3 cm³/mol. The molecule has 0 rings (SSSR count). The van der Waals surface area contributed by atoms with Gasteiger partial charge in [-0.1, -0.05) is 0 Å². The van der Waals surface area contributed by atoms with Gasteiger partial charge in [-0.2, -0.15) is 0 Å². The van der Waals surface area contributed by atoms with E-state index >= 15 is 0 Å². The fourth-order valence-electron chi connectivity index (χ4n) is 0.993. The van der Waals surface area contributed by atoms with Crippen LogP contribution in [-0.2, 0) is 4.79 Å². The van der Waals surface area contributed by atoms with Gasteiger partial charge in [0.15, 0.2) is 5.96 Å². The number of hydrogen-bond acceptors (Lipinski definition) is 2. The van der Waals surface area contributed by atoms with E-state index in [2.05, 4.69) is 34.8 Å². The van der Waals surface area contributed by atoms with Crippen LogP contribution in [0.25, 0.3) is 0 Å². The molecule has 0 aromatic carbocycles. The molecular formula is C10H23IN4O. The molecule has 96 valence electrons. The summed E-state index contributed by atoms with van der Waals surface area (Å²) in [6.07, 6.45) is 0. The molecule has 0 spiro atoms. The van der Waals surface area contributed by atoms with Crippen molar-refractivity contribution >= 4 is 35.8 Å². The maximum atomic E-state index is 10.6. The number of aliphatic imine (C=N–C) groups is 1. The summed E-state index contributed by atoms with van der Waals surface area (Å²) in [7, 11) is 0. The lowest BCUT2D eigenvalue weighted by Gasteiger charge is -2.13. The number of amides is 1. The van der Waals surface area contributed by atoms with Gasteiger partial charge in [-0.25, -0.2) is 0 Å². The Kier molecular flexibility index (Phi) is 12.2. The van der Waals surface area contributed by atoms with Gasteiger partial charge in [-0.05, 0) is 20.8 Å². The second-order valence-electron chi connectivity index (χ2n) is 3.54. The van der Waals surface area contributed by atoms with E-state index in [1.54, 1.807) is 0 Å². The summed E-state index contributed by atoms with van der Waals surface area (Å²) in [5, 5.41) is 9.02. The van der Waals surface area contributed by atoms with E-state index in [1.165, 1.54) is 6.92 Å². The molecule has 6 heteroatoms. The summed E-state index contributed by atoms with van der Waals surface area (Å²) >= 11 is 0. The van der Waals surface area contributed by atoms with Crippen LogP contribution in [-0.4, -0.2) is 37.5 Å². The van der Waals surface area contributed by atoms with E-state index in [0.29, 0.717) is 19.1 Å². The van der Waals surface area contributed by atoms with Crippen LogP contribution in [0, 0.1) is 0 Å². The molecule has 0 fully saturated rings. The van der Waals surface area contributed by atoms with Crippen molar-refractivity contribution in [3.63, 3.8) is 0 Å². The van der Waals surface area contributed by atoms with Crippen LogP contribution in [0.5, 0.6) is 0 Å². The Morgan fingerprint density at radius 1 is 1.31 bits per heavy atom. The fraction of sp³-hybridized carbons (Fsp3) is 0.800. The van der Waals surface area contributed by atoms with Gasteiger partial charge in [0.2, 0.25) is 5.91 Å². The van der Waals surface area contributed by atoms with Crippen molar-refractivity contribution in [2.24, 2.45) is 4.99 Å². The molecule has 0 aromatic heterocycles. The number of guanidine groups is 1. The Morgan fingerprint density at radius 3 is 2.38 bits per heavy atom. The molecule has 0 saturated carbocycles. The van der Waals surface area contributed by atoms with E-state index in [0.717, 1.165) is 12.5 Å². The first-order chi connectivity index (χ1) is 7.06. The minimum absolute atomic E-state index is 0. The second-order valence-corrected chi connectivity index (χ2v) is 3.54. The van der Waals surface area contributed by atoms with Gasteiger partial charge in [0.1, 0.15) is 0 Å². The SMILES string of the molecule is CCNC(=NCCNC(C)=O)NC(C)C.I. The van der Waals surface area contributed by atoms with Gasteiger partial charge in [-0.3, -0.25) is 9.79 Å². The molecule has 0 atom stereocenters. The Balaban J connectivity index is 0. The van der Waals surface area contributed by atoms with E-state index < -0.39 is 0 Å². The molecule has 16 heavy (non-hydrogen) atoms. The first kappa shape index (κ1) is 17.9. The van der Waals surface area contributed by atoms with Crippen molar-refractivity contribution in [2.75, 3.05) is 19.6 Å². The average molecular weight is 342 g/mol. The Labute approximate surface area is 115 Å². The lowest BCUT2D eigenvalue weighted by atomic mass is 10.4. The third-order valence-electron chi connectivity index (χ3n) is 1.53. The van der Waals surface area contributed by atoms with Crippen LogP contribution < -0.4 is 16.0 Å². The Bertz CT molecular complexity index is 219. The normalized spacial score (nSPS) is 10.7. The molecule has 0 unspecified atom stereocenters. The third kappa shape index (κ3) is 11.5. The number of carbonyl (C=O) groups is 1. The number of carbonyl (C=O) groups excluding carboxylic acids is 1. The van der Waals surface area contributed by atoms with E-state index in [9.17, 15) is 4.79 Å². The second kappa shape index (κ2) is 11.0. The monoisotopic (exact) mass is 342 g/mol. The van der Waals surface area contributed by atoms with E-state index in [4.69, 9.17) is 0 Å². The topological polar surface area (TPSA) is 65.5 Å². The van der Waals surface area contributed by atoms with Gasteiger partial charge >= 0.3 is 0 Å². The van der Waals surface area contributed by atoms with Crippen molar-refractivity contribution in [3.05, 3.63) is 0 Å². The number of nitrogens with one attached hydrogen (secondary N) is 3. The molecular weight excluding hydrogens is 319 g/mol. The van der Waals surface area contributed by atoms with Crippen molar-refractivity contribution in [2.45, 2.75) is 33.7 Å². The zero-order chi connectivity index (χ0) is 11.7. The summed E-state index contributed by atoms with van der Waals surface area (Å²) in [5.41, 5.74) is 0. The minimum Gasteiger partial charge on any atom is -0.357 e. The number of halogens is 1. The molecule has 0 saturated heterocycles. The highest BCUT2D eigenvalue weighted by molar-refractivity contribution is 14.0. The van der Waals surface area contributed by atoms with Crippen molar-refractivity contribution in [1.82, 2.24) is 16.0 Å². The maximum absolute atomic E-state index is 10.6. The number of hydrogen-bond donors (Lipinski definition) is 3. The zero-order valence-corrected chi connectivity index (χ0v) is 12.8. The van der Waals surface area contributed by atoms with Gasteiger partial charge in [0.05, 0.1) is 6.54 Å². The standard InChI is InChI=1S/C10H22N4O.HI/c1-5-11-10(14-8(2)3)13-7-6-12-9(4)15;/h8H,5-7H2,1-4H3,(H,12,15)(H2,11,13,14);1H. The molecule has 1 amide bonds. The van der Waals surface area contributed by atoms with Crippen LogP contribution in [0.1, 0.15) is 27.7 Å². The first-order valence-corrected chi connectivity index (χ1v) is 5.35. The van der Waals surface area contributed by atoms with Crippen molar-refractivity contribution in [1.29, 1.82) is 0 Å². The lowest BCUT2D eigenvalue weighted by molar-refractivity contribution is -0.118. The van der Waals surface area contributed by atoms with E-state index in [1.807, 2.05) is 6.92 Å². The summed E-state index contributed by atoms with van der Waals surface area (Å²) in [5.74, 6) is 0.768. The highest BCUT2D eigenvalue weighted by atomic mass is 127. The average Bonchev–Trinajstić information content (AvgIpc) is 2.11. The molecule has 0 bridgehead atoms. The van der Waals surface area contributed by atoms with Crippen LogP contribution in [0.3, 0.4) is 0 Å². The molecule has 0 aliphatic rings. The van der Waals surface area contributed by atoms with Gasteiger partial charge < -0.3 is 16.0 Å². The minimum atomic E-state index is -0.0213. The van der Waals surface area contributed by atoms with Crippen molar-refractivity contribution < 1.29 is 4.79 Å². The first-order valence-electron chi connectivity index (χ1n) is 5.35. The smallest absolute Gasteiger partial charge is 0.216 e. The maximum Gasteiger partial charge on any atom is 0.216 e. The third-order valence-corrected chi connectivity index (χ3v) is 1.53. The summed E-state index contributed by atoms with van der Waals surface area (Å²) in [6, 6.07) is 0.351. The number of nitrogens with zero attached hydrogens (tertiary/aromatic N) is 1. The quantitative estimate of drug-likeness (QED) is 0.298. The zero-order valence-electron chi connectivity index (χ0n) is 10.5. The van der Waals surface area contributed by atoms with Gasteiger partial charge in [0.25, 0.3) is 0 Å². The number of rotatable bonds is 5. The van der Waals surface area contributed by atoms with Gasteiger partial charge in [-0.15, -0.1) is 24.0 Å². The molecule has 0 heterocycles. The lowest BCUT2D eigenvalue weighted by Crippen LogP contribution is -2.41. The largest absolute Gasteiger partial charge is 0.357 e. The Hall–Kier alpha value is -0.530. The molecule has 5 nitrogen and oxygen atoms in total. The van der Waals surface area contributed by atoms with Gasteiger partial charge in [0, 0.05) is 26.1 Å². The fourth-order valence-corrected chi connectivity index (χ4v) is 0.993. The van der Waals surface area contributed by atoms with Crippen molar-refractivity contribution in [3.8, 4) is 0 Å². The summed E-state index contributed by atoms with van der Waals surface area (Å²) in [6.45, 7) is 9.62. The van der Waals surface area contributed by atoms with Crippen LogP contribution in [0.4, 0.5) is 0 Å². The highest BCUT2D eigenvalue weighted by Crippen LogP contribution is 1.79. The highest BCUT2D eigenvalue weighted by Gasteiger charge is 1.98. The molecule has 0 radical (unpaired) electrons. The molecule has 0 aliphatic carbocycles. The summed E-state index contributed by atoms with van der Waals surface area (Å²) < 4.78 is 0. The molecule has 0 aromatic rings. The molecule has 0 aliphatic heterocycles. The van der Waals surface area contributed by atoms with Crippen LogP contribution in [0.15, 0.2) is 4.99 Å². The summed E-state index contributed by atoms with van der Waals surface area (Å²) in [4.78, 5) is 14.9. The van der Waals surface area contributed by atoms with Crippen LogP contribution in [0.2, 0.25) is 0 Å². The van der Waals surface area contributed by atoms with E-state index in [-0.39, 0.29) is 29.9 Å². The Morgan fingerprint density at radius 2 is 1.94 bits per heavy atom. The van der Waals surface area contributed by atoms with Crippen LogP contribution >= 0.6 is 24.0 Å². The predicted octanol–water partition coefficient (Wildman–Crippen LogP) is 0.704. The molecule has 3 N–H and O–H groups in total.